The molecule has 3 N–H and O–H groups in total. The lowest BCUT2D eigenvalue weighted by Crippen LogP contribution is -2.50. The van der Waals surface area contributed by atoms with E-state index in [0.717, 1.165) is 25.6 Å². The van der Waals surface area contributed by atoms with Gasteiger partial charge in [-0.1, -0.05) is 13.5 Å². The maximum atomic E-state index is 14.3. The predicted octanol–water partition coefficient (Wildman–Crippen LogP) is 2.28. The summed E-state index contributed by atoms with van der Waals surface area (Å²) in [5.41, 5.74) is 0. The second-order valence-corrected chi connectivity index (χ2v) is 7.79. The zero-order valence-corrected chi connectivity index (χ0v) is 18.6. The highest BCUT2D eigenvalue weighted by Crippen LogP contribution is 2.18. The zero-order valence-electron chi connectivity index (χ0n) is 18.6. The van der Waals surface area contributed by atoms with Crippen molar-refractivity contribution in [3.05, 3.63) is 36.6 Å². The highest BCUT2D eigenvalue weighted by atomic mass is 19.1. The van der Waals surface area contributed by atoms with Crippen LogP contribution in [-0.2, 0) is 14.3 Å². The Morgan fingerprint density at radius 1 is 1.44 bits per heavy atom. The van der Waals surface area contributed by atoms with Gasteiger partial charge in [-0.15, -0.1) is 0 Å². The van der Waals surface area contributed by atoms with Crippen molar-refractivity contribution in [1.82, 2.24) is 20.9 Å². The Labute approximate surface area is 187 Å². The Morgan fingerprint density at radius 3 is 2.91 bits per heavy atom. The van der Waals surface area contributed by atoms with Crippen molar-refractivity contribution in [1.29, 1.82) is 0 Å². The summed E-state index contributed by atoms with van der Waals surface area (Å²) < 4.78 is 19.8. The van der Waals surface area contributed by atoms with Gasteiger partial charge >= 0.3 is 6.03 Å². The van der Waals surface area contributed by atoms with E-state index in [-0.39, 0.29) is 24.5 Å². The van der Waals surface area contributed by atoms with Crippen LogP contribution in [0, 0.1) is 0 Å². The van der Waals surface area contributed by atoms with Crippen molar-refractivity contribution >= 4 is 24.1 Å². The fourth-order valence-corrected chi connectivity index (χ4v) is 3.55. The lowest BCUT2D eigenvalue weighted by atomic mass is 10.0. The van der Waals surface area contributed by atoms with Crippen LogP contribution in [0.1, 0.15) is 46.0 Å². The summed E-state index contributed by atoms with van der Waals surface area (Å²) in [5.74, 6) is -0.539. The molecule has 10 heteroatoms. The standard InChI is InChI=1S/C22H32FN5O4/c1-4-17(27-22(31)25-15(3)29)11-16(23)14-32-19-8-9-24-20(12-19)26-18-7-6-10-28(13-18)21(30)5-2/h5,8-9,14,17-18,20,26H,2,4,6-7,10-13H2,1,3H3,(H2,25,27,29,31)/b16-14-. The molecule has 176 valence electrons. The molecule has 9 nitrogen and oxygen atoms in total. The first-order valence-electron chi connectivity index (χ1n) is 10.8. The summed E-state index contributed by atoms with van der Waals surface area (Å²) in [4.78, 5) is 40.5. The fourth-order valence-electron chi connectivity index (χ4n) is 3.55. The number of ether oxygens (including phenoxy) is 1. The number of amides is 4. The molecular weight excluding hydrogens is 417 g/mol. The van der Waals surface area contributed by atoms with E-state index in [9.17, 15) is 18.8 Å². The average Bonchev–Trinajstić information content (AvgIpc) is 2.76. The summed E-state index contributed by atoms with van der Waals surface area (Å²) >= 11 is 0. The highest BCUT2D eigenvalue weighted by Gasteiger charge is 2.25. The molecule has 3 atom stereocenters. The lowest BCUT2D eigenvalue weighted by Gasteiger charge is -2.34. The Balaban J connectivity index is 1.81. The van der Waals surface area contributed by atoms with Crippen LogP contribution < -0.4 is 16.0 Å². The van der Waals surface area contributed by atoms with Gasteiger partial charge in [0, 0.05) is 51.2 Å². The summed E-state index contributed by atoms with van der Waals surface area (Å²) in [7, 11) is 0. The van der Waals surface area contributed by atoms with E-state index in [0.29, 0.717) is 25.1 Å². The molecule has 1 saturated heterocycles. The van der Waals surface area contributed by atoms with Crippen molar-refractivity contribution < 1.29 is 23.5 Å². The van der Waals surface area contributed by atoms with E-state index in [1.165, 1.54) is 13.0 Å². The number of aliphatic imine (C=N–C) groups is 1. The van der Waals surface area contributed by atoms with E-state index in [4.69, 9.17) is 4.74 Å². The number of rotatable bonds is 9. The van der Waals surface area contributed by atoms with Crippen molar-refractivity contribution in [2.24, 2.45) is 4.99 Å². The average molecular weight is 450 g/mol. The maximum absolute atomic E-state index is 14.3. The Hall–Kier alpha value is -3.01. The quantitative estimate of drug-likeness (QED) is 0.369. The largest absolute Gasteiger partial charge is 0.466 e. The fraction of sp³-hybridized carbons (Fsp3) is 0.545. The Bertz CT molecular complexity index is 795. The van der Waals surface area contributed by atoms with Crippen LogP contribution in [0.15, 0.2) is 41.6 Å². The minimum absolute atomic E-state index is 0.0554. The van der Waals surface area contributed by atoms with E-state index < -0.39 is 23.8 Å². The van der Waals surface area contributed by atoms with Crippen LogP contribution in [-0.4, -0.2) is 60.3 Å². The molecule has 0 aromatic heterocycles. The van der Waals surface area contributed by atoms with Crippen LogP contribution in [0.4, 0.5) is 9.18 Å². The van der Waals surface area contributed by atoms with Crippen LogP contribution in [0.25, 0.3) is 0 Å². The summed E-state index contributed by atoms with van der Waals surface area (Å²) in [6.07, 6.45) is 8.12. The third kappa shape index (κ3) is 8.62. The Morgan fingerprint density at radius 2 is 2.22 bits per heavy atom. The minimum atomic E-state index is -0.658. The minimum Gasteiger partial charge on any atom is -0.466 e. The van der Waals surface area contributed by atoms with Gasteiger partial charge < -0.3 is 15.0 Å². The molecule has 0 radical (unpaired) electrons. The number of imide groups is 1. The van der Waals surface area contributed by atoms with E-state index in [2.05, 4.69) is 27.5 Å². The molecule has 0 aliphatic carbocycles. The maximum Gasteiger partial charge on any atom is 0.321 e. The molecule has 0 saturated carbocycles. The number of dihydropyridines is 1. The number of nitrogens with one attached hydrogen (secondary N) is 3. The van der Waals surface area contributed by atoms with E-state index in [1.54, 1.807) is 24.1 Å². The summed E-state index contributed by atoms with van der Waals surface area (Å²) in [5, 5.41) is 8.06. The van der Waals surface area contributed by atoms with Crippen LogP contribution in [0.2, 0.25) is 0 Å². The van der Waals surface area contributed by atoms with Gasteiger partial charge in [-0.05, 0) is 31.4 Å². The number of allylic oxidation sites excluding steroid dienone is 1. The first-order chi connectivity index (χ1) is 15.3. The van der Waals surface area contributed by atoms with Crippen LogP contribution in [0.5, 0.6) is 0 Å². The molecule has 0 bridgehead atoms. The molecule has 2 aliphatic rings. The van der Waals surface area contributed by atoms with Crippen molar-refractivity contribution in [2.75, 3.05) is 13.1 Å². The van der Waals surface area contributed by atoms with E-state index >= 15 is 0 Å². The first-order valence-corrected chi connectivity index (χ1v) is 10.8. The number of nitrogens with zero attached hydrogens (tertiary/aromatic N) is 2. The van der Waals surface area contributed by atoms with Gasteiger partial charge in [-0.3, -0.25) is 25.2 Å². The van der Waals surface area contributed by atoms with Gasteiger partial charge in [-0.2, -0.15) is 0 Å². The molecule has 3 unspecified atom stereocenters. The van der Waals surface area contributed by atoms with Crippen LogP contribution >= 0.6 is 0 Å². The van der Waals surface area contributed by atoms with Crippen molar-refractivity contribution in [3.8, 4) is 0 Å². The zero-order chi connectivity index (χ0) is 23.5. The predicted molar refractivity (Wildman–Crippen MR) is 119 cm³/mol. The van der Waals surface area contributed by atoms with Crippen molar-refractivity contribution in [2.45, 2.75) is 64.2 Å². The second kappa shape index (κ2) is 12.7. The van der Waals surface area contributed by atoms with Gasteiger partial charge in [0.05, 0.1) is 0 Å². The number of halogens is 1. The number of carbonyl (C=O) groups is 3. The van der Waals surface area contributed by atoms with Gasteiger partial charge in [0.25, 0.3) is 0 Å². The number of piperidine rings is 1. The number of hydrogen-bond donors (Lipinski definition) is 3. The normalized spacial score (nSPS) is 21.9. The van der Waals surface area contributed by atoms with Gasteiger partial charge in [0.15, 0.2) is 0 Å². The molecule has 4 amide bonds. The SMILES string of the molecule is C=CC(=O)N1CCCC(NC2CC(O/C=C(\F)CC(CC)NC(=O)NC(C)=O)=CC=N2)C1. The van der Waals surface area contributed by atoms with E-state index in [1.807, 2.05) is 0 Å². The third-order valence-electron chi connectivity index (χ3n) is 5.15. The summed E-state index contributed by atoms with van der Waals surface area (Å²) in [6.45, 7) is 7.88. The third-order valence-corrected chi connectivity index (χ3v) is 5.15. The molecule has 2 rings (SSSR count). The molecule has 0 aromatic rings. The molecular formula is C22H32FN5O4. The molecule has 32 heavy (non-hydrogen) atoms. The lowest BCUT2D eigenvalue weighted by molar-refractivity contribution is -0.127. The smallest absolute Gasteiger partial charge is 0.321 e. The topological polar surface area (TPSA) is 112 Å². The molecule has 0 spiro atoms. The number of carbonyl (C=O) groups excluding carboxylic acids is 3. The highest BCUT2D eigenvalue weighted by molar-refractivity contribution is 5.93. The van der Waals surface area contributed by atoms with Gasteiger partial charge in [-0.25, -0.2) is 9.18 Å². The first kappa shape index (κ1) is 25.3. The number of hydrogen-bond acceptors (Lipinski definition) is 6. The molecule has 2 aliphatic heterocycles. The summed E-state index contributed by atoms with van der Waals surface area (Å²) in [6, 6.07) is -1.02. The molecule has 1 fully saturated rings. The van der Waals surface area contributed by atoms with Gasteiger partial charge in [0.1, 0.15) is 24.0 Å². The van der Waals surface area contributed by atoms with Gasteiger partial charge in [0.2, 0.25) is 11.8 Å². The second-order valence-electron chi connectivity index (χ2n) is 7.79. The molecule has 2 heterocycles. The Kier molecular flexibility index (Phi) is 10.1. The number of urea groups is 1. The monoisotopic (exact) mass is 449 g/mol. The number of likely N-dealkylation sites (tertiary alicyclic amines) is 1. The van der Waals surface area contributed by atoms with Crippen LogP contribution in [0.3, 0.4) is 0 Å². The molecule has 0 aromatic carbocycles. The van der Waals surface area contributed by atoms with Crippen molar-refractivity contribution in [3.63, 3.8) is 0 Å².